The molecule has 0 amide bonds. The second-order valence-corrected chi connectivity index (χ2v) is 7.74. The van der Waals surface area contributed by atoms with Crippen LogP contribution in [0.2, 0.25) is 0 Å². The topological polar surface area (TPSA) is 89.3 Å². The molecular formula is C14H16N2O4S2. The lowest BCUT2D eigenvalue weighted by molar-refractivity contribution is -0.384. The Balaban J connectivity index is 1.99. The molecule has 118 valence electrons. The molecule has 0 aliphatic heterocycles. The summed E-state index contributed by atoms with van der Waals surface area (Å²) in [5.74, 6) is -0.189. The molecule has 0 aliphatic rings. The van der Waals surface area contributed by atoms with Crippen molar-refractivity contribution in [3.63, 3.8) is 0 Å². The van der Waals surface area contributed by atoms with Crippen LogP contribution in [0.1, 0.15) is 23.3 Å². The van der Waals surface area contributed by atoms with Crippen molar-refractivity contribution in [2.45, 2.75) is 18.6 Å². The summed E-state index contributed by atoms with van der Waals surface area (Å²) in [5.41, 5.74) is 0.283. The molecular weight excluding hydrogens is 324 g/mol. The number of thiophene rings is 1. The van der Waals surface area contributed by atoms with Gasteiger partial charge in [0.05, 0.1) is 10.7 Å². The van der Waals surface area contributed by atoms with Crippen LogP contribution in [0, 0.1) is 10.1 Å². The zero-order valence-corrected chi connectivity index (χ0v) is 13.6. The second kappa shape index (κ2) is 6.99. The number of nitro groups is 1. The number of hydrogen-bond donors (Lipinski definition) is 1. The maximum Gasteiger partial charge on any atom is 0.269 e. The van der Waals surface area contributed by atoms with E-state index < -0.39 is 14.9 Å². The number of non-ortho nitro benzene ring substituents is 1. The molecule has 0 unspecified atom stereocenters. The largest absolute Gasteiger partial charge is 0.269 e. The van der Waals surface area contributed by atoms with Gasteiger partial charge in [-0.2, -0.15) is 0 Å². The Hall–Kier alpha value is -1.77. The van der Waals surface area contributed by atoms with E-state index in [0.717, 1.165) is 4.88 Å². The van der Waals surface area contributed by atoms with Gasteiger partial charge in [0, 0.05) is 29.5 Å². The van der Waals surface area contributed by atoms with Crippen molar-refractivity contribution in [1.82, 2.24) is 4.72 Å². The van der Waals surface area contributed by atoms with Crippen molar-refractivity contribution in [3.05, 3.63) is 62.3 Å². The first-order chi connectivity index (χ1) is 10.4. The zero-order valence-electron chi connectivity index (χ0n) is 11.9. The van der Waals surface area contributed by atoms with Gasteiger partial charge in [-0.15, -0.1) is 11.3 Å². The summed E-state index contributed by atoms with van der Waals surface area (Å²) in [7, 11) is -3.53. The van der Waals surface area contributed by atoms with Crippen LogP contribution in [0.15, 0.2) is 41.8 Å². The highest BCUT2D eigenvalue weighted by atomic mass is 32.2. The minimum atomic E-state index is -3.53. The molecule has 22 heavy (non-hydrogen) atoms. The average molecular weight is 340 g/mol. The predicted molar refractivity (Wildman–Crippen MR) is 86.5 cm³/mol. The molecule has 0 fully saturated rings. The smallest absolute Gasteiger partial charge is 0.258 e. The van der Waals surface area contributed by atoms with Crippen LogP contribution >= 0.6 is 11.3 Å². The first-order valence-electron chi connectivity index (χ1n) is 6.61. The van der Waals surface area contributed by atoms with Crippen molar-refractivity contribution < 1.29 is 13.3 Å². The van der Waals surface area contributed by atoms with E-state index in [1.54, 1.807) is 17.4 Å². The third kappa shape index (κ3) is 4.62. The SMILES string of the molecule is C[C@H](CNS(=O)(=O)Cc1cccc([N+](=O)[O-])c1)c1cccs1. The Bertz CT molecular complexity index is 742. The number of sulfonamides is 1. The fraction of sp³-hybridized carbons (Fsp3) is 0.286. The predicted octanol–water partition coefficient (Wildman–Crippen LogP) is 2.88. The van der Waals surface area contributed by atoms with E-state index in [4.69, 9.17) is 0 Å². The van der Waals surface area contributed by atoms with Crippen LogP contribution in [0.5, 0.6) is 0 Å². The number of benzene rings is 1. The van der Waals surface area contributed by atoms with E-state index in [1.165, 1.54) is 18.2 Å². The first-order valence-corrected chi connectivity index (χ1v) is 9.14. The third-order valence-electron chi connectivity index (χ3n) is 3.12. The Kier molecular flexibility index (Phi) is 5.28. The molecule has 0 spiro atoms. The molecule has 0 bridgehead atoms. The molecule has 0 aliphatic carbocycles. The Morgan fingerprint density at radius 1 is 1.32 bits per heavy atom. The van der Waals surface area contributed by atoms with Crippen LogP contribution in [-0.4, -0.2) is 19.9 Å². The van der Waals surface area contributed by atoms with Gasteiger partial charge in [0.25, 0.3) is 5.69 Å². The number of nitrogens with zero attached hydrogens (tertiary/aromatic N) is 1. The van der Waals surface area contributed by atoms with Crippen molar-refractivity contribution in [2.24, 2.45) is 0 Å². The molecule has 1 aromatic heterocycles. The number of hydrogen-bond acceptors (Lipinski definition) is 5. The maximum absolute atomic E-state index is 12.1. The fourth-order valence-corrected chi connectivity index (χ4v) is 3.97. The lowest BCUT2D eigenvalue weighted by Gasteiger charge is -2.11. The van der Waals surface area contributed by atoms with E-state index >= 15 is 0 Å². The van der Waals surface area contributed by atoms with Crippen LogP contribution in [-0.2, 0) is 15.8 Å². The quantitative estimate of drug-likeness (QED) is 0.620. The molecule has 1 N–H and O–H groups in total. The summed E-state index contributed by atoms with van der Waals surface area (Å²) in [6, 6.07) is 9.55. The van der Waals surface area contributed by atoms with Crippen LogP contribution in [0.3, 0.4) is 0 Å². The van der Waals surface area contributed by atoms with E-state index in [9.17, 15) is 18.5 Å². The van der Waals surface area contributed by atoms with Crippen molar-refractivity contribution in [2.75, 3.05) is 6.54 Å². The molecule has 2 rings (SSSR count). The number of nitrogens with one attached hydrogen (secondary N) is 1. The Morgan fingerprint density at radius 2 is 2.09 bits per heavy atom. The highest BCUT2D eigenvalue weighted by Crippen LogP contribution is 2.20. The normalized spacial score (nSPS) is 13.0. The highest BCUT2D eigenvalue weighted by Gasteiger charge is 2.16. The average Bonchev–Trinajstić information content (AvgIpc) is 2.99. The van der Waals surface area contributed by atoms with Gasteiger partial charge >= 0.3 is 0 Å². The zero-order chi connectivity index (χ0) is 16.2. The summed E-state index contributed by atoms with van der Waals surface area (Å²) in [4.78, 5) is 11.3. The summed E-state index contributed by atoms with van der Waals surface area (Å²) in [6.07, 6.45) is 0. The van der Waals surface area contributed by atoms with Crippen LogP contribution in [0.4, 0.5) is 5.69 Å². The molecule has 8 heteroatoms. The number of nitro benzene ring substituents is 1. The molecule has 2 aromatic rings. The first kappa shape index (κ1) is 16.6. The van der Waals surface area contributed by atoms with Gasteiger partial charge in [-0.3, -0.25) is 10.1 Å². The molecule has 6 nitrogen and oxygen atoms in total. The van der Waals surface area contributed by atoms with Crippen LogP contribution < -0.4 is 4.72 Å². The van der Waals surface area contributed by atoms with Gasteiger partial charge in [-0.1, -0.05) is 25.1 Å². The maximum atomic E-state index is 12.1. The number of rotatable bonds is 7. The van der Waals surface area contributed by atoms with E-state index in [2.05, 4.69) is 4.72 Å². The standard InChI is InChI=1S/C14H16N2O4S2/c1-11(14-6-3-7-21-14)9-15-22(19,20)10-12-4-2-5-13(8-12)16(17)18/h2-8,11,15H,9-10H2,1H3/t11-/m1/s1. The fourth-order valence-electron chi connectivity index (χ4n) is 1.95. The molecule has 0 saturated carbocycles. The van der Waals surface area contributed by atoms with Crippen molar-refractivity contribution >= 4 is 27.0 Å². The lowest BCUT2D eigenvalue weighted by atomic mass is 10.1. The van der Waals surface area contributed by atoms with E-state index in [0.29, 0.717) is 12.1 Å². The summed E-state index contributed by atoms with van der Waals surface area (Å²) in [5, 5.41) is 12.7. The van der Waals surface area contributed by atoms with Crippen LogP contribution in [0.25, 0.3) is 0 Å². The molecule has 0 radical (unpaired) electrons. The Morgan fingerprint density at radius 3 is 2.73 bits per heavy atom. The van der Waals surface area contributed by atoms with Gasteiger partial charge in [-0.05, 0) is 17.0 Å². The lowest BCUT2D eigenvalue weighted by Crippen LogP contribution is -2.28. The third-order valence-corrected chi connectivity index (χ3v) is 5.54. The van der Waals surface area contributed by atoms with E-state index in [1.807, 2.05) is 24.4 Å². The molecule has 0 saturated heterocycles. The second-order valence-electron chi connectivity index (χ2n) is 4.95. The highest BCUT2D eigenvalue weighted by molar-refractivity contribution is 7.88. The Labute approximate surface area is 133 Å². The summed E-state index contributed by atoms with van der Waals surface area (Å²) < 4.78 is 26.7. The molecule has 1 atom stereocenters. The minimum Gasteiger partial charge on any atom is -0.258 e. The minimum absolute atomic E-state index is 0.0832. The molecule has 1 aromatic carbocycles. The van der Waals surface area contributed by atoms with E-state index in [-0.39, 0.29) is 17.4 Å². The van der Waals surface area contributed by atoms with Gasteiger partial charge in [0.1, 0.15) is 0 Å². The van der Waals surface area contributed by atoms with Gasteiger partial charge < -0.3 is 0 Å². The van der Waals surface area contributed by atoms with Gasteiger partial charge in [-0.25, -0.2) is 13.1 Å². The summed E-state index contributed by atoms with van der Waals surface area (Å²) >= 11 is 1.58. The summed E-state index contributed by atoms with van der Waals surface area (Å²) in [6.45, 7) is 2.25. The van der Waals surface area contributed by atoms with Gasteiger partial charge in [0.2, 0.25) is 10.0 Å². The van der Waals surface area contributed by atoms with Crippen molar-refractivity contribution in [1.29, 1.82) is 0 Å². The monoisotopic (exact) mass is 340 g/mol. The van der Waals surface area contributed by atoms with Crippen molar-refractivity contribution in [3.8, 4) is 0 Å². The van der Waals surface area contributed by atoms with Gasteiger partial charge in [0.15, 0.2) is 0 Å². The molecule has 1 heterocycles.